The fourth-order valence-corrected chi connectivity index (χ4v) is 1.30. The molecule has 0 spiro atoms. The largest absolute Gasteiger partial charge is 0.492 e. The lowest BCUT2D eigenvalue weighted by Gasteiger charge is -2.26. The predicted molar refractivity (Wildman–Crippen MR) is 54.5 cm³/mol. The maximum atomic E-state index is 5.52. The summed E-state index contributed by atoms with van der Waals surface area (Å²) < 4.78 is 10.6. The molecule has 1 aromatic carbocycles. The molecule has 1 aliphatic rings. The molecule has 14 heavy (non-hydrogen) atoms. The van der Waals surface area contributed by atoms with Gasteiger partial charge in [-0.2, -0.15) is 0 Å². The van der Waals surface area contributed by atoms with Gasteiger partial charge in [0.1, 0.15) is 12.4 Å². The van der Waals surface area contributed by atoms with Gasteiger partial charge in [-0.1, -0.05) is 18.2 Å². The molecule has 2 rings (SSSR count). The van der Waals surface area contributed by atoms with Crippen LogP contribution in [0.15, 0.2) is 30.3 Å². The summed E-state index contributed by atoms with van der Waals surface area (Å²) in [5.41, 5.74) is 0. The minimum Gasteiger partial charge on any atom is -0.492 e. The average molecular weight is 193 g/mol. The van der Waals surface area contributed by atoms with Gasteiger partial charge in [0, 0.05) is 6.54 Å². The second kappa shape index (κ2) is 4.98. The molecule has 1 N–H and O–H groups in total. The normalized spacial score (nSPS) is 16.3. The van der Waals surface area contributed by atoms with Crippen molar-refractivity contribution >= 4 is 0 Å². The average Bonchev–Trinajstić information content (AvgIpc) is 2.16. The van der Waals surface area contributed by atoms with E-state index in [2.05, 4.69) is 5.32 Å². The van der Waals surface area contributed by atoms with E-state index in [4.69, 9.17) is 9.47 Å². The van der Waals surface area contributed by atoms with Gasteiger partial charge in [-0.25, -0.2) is 0 Å². The summed E-state index contributed by atoms with van der Waals surface area (Å²) in [6.07, 6.45) is 0. The summed E-state index contributed by atoms with van der Waals surface area (Å²) in [5, 5.41) is 3.34. The second-order valence-electron chi connectivity index (χ2n) is 3.35. The van der Waals surface area contributed by atoms with Gasteiger partial charge in [0.15, 0.2) is 0 Å². The van der Waals surface area contributed by atoms with Crippen LogP contribution in [0.4, 0.5) is 0 Å². The van der Waals surface area contributed by atoms with Crippen molar-refractivity contribution in [1.82, 2.24) is 5.32 Å². The highest BCUT2D eigenvalue weighted by Crippen LogP contribution is 2.07. The monoisotopic (exact) mass is 193 g/mol. The number of hydrogen-bond acceptors (Lipinski definition) is 3. The predicted octanol–water partition coefficient (Wildman–Crippen LogP) is 1.05. The van der Waals surface area contributed by atoms with Crippen LogP contribution in [0.1, 0.15) is 0 Å². The highest BCUT2D eigenvalue weighted by Gasteiger charge is 2.16. The molecule has 0 aliphatic carbocycles. The Morgan fingerprint density at radius 2 is 2.07 bits per heavy atom. The fraction of sp³-hybridized carbons (Fsp3) is 0.455. The number of ether oxygens (including phenoxy) is 2. The van der Waals surface area contributed by atoms with Gasteiger partial charge in [-0.15, -0.1) is 0 Å². The Bertz CT molecular complexity index is 259. The van der Waals surface area contributed by atoms with Crippen LogP contribution in [0.3, 0.4) is 0 Å². The van der Waals surface area contributed by atoms with Gasteiger partial charge in [0.25, 0.3) is 0 Å². The zero-order valence-electron chi connectivity index (χ0n) is 8.11. The minimum absolute atomic E-state index is 0.536. The van der Waals surface area contributed by atoms with Crippen LogP contribution in [0, 0.1) is 0 Å². The quantitative estimate of drug-likeness (QED) is 0.709. The van der Waals surface area contributed by atoms with E-state index < -0.39 is 0 Å². The second-order valence-corrected chi connectivity index (χ2v) is 3.35. The third-order valence-corrected chi connectivity index (χ3v) is 2.19. The van der Waals surface area contributed by atoms with Crippen molar-refractivity contribution in [3.63, 3.8) is 0 Å². The highest BCUT2D eigenvalue weighted by molar-refractivity contribution is 5.20. The number of hydrogen-bond donors (Lipinski definition) is 1. The number of para-hydroxylation sites is 1. The molecule has 0 unspecified atom stereocenters. The summed E-state index contributed by atoms with van der Waals surface area (Å²) >= 11 is 0. The molecule has 0 amide bonds. The first-order valence-electron chi connectivity index (χ1n) is 4.94. The number of nitrogens with one attached hydrogen (secondary N) is 1. The molecule has 1 fully saturated rings. The van der Waals surface area contributed by atoms with E-state index in [1.54, 1.807) is 0 Å². The molecule has 1 aromatic rings. The molecule has 3 heteroatoms. The smallest absolute Gasteiger partial charge is 0.119 e. The molecule has 76 valence electrons. The van der Waals surface area contributed by atoms with Gasteiger partial charge < -0.3 is 14.8 Å². The van der Waals surface area contributed by atoms with Crippen LogP contribution < -0.4 is 10.1 Å². The van der Waals surface area contributed by atoms with Gasteiger partial charge >= 0.3 is 0 Å². The van der Waals surface area contributed by atoms with Crippen LogP contribution in [-0.2, 0) is 4.74 Å². The fourth-order valence-electron chi connectivity index (χ4n) is 1.30. The first kappa shape index (κ1) is 9.49. The van der Waals surface area contributed by atoms with Crippen molar-refractivity contribution in [2.45, 2.75) is 6.04 Å². The number of benzene rings is 1. The Morgan fingerprint density at radius 3 is 2.71 bits per heavy atom. The van der Waals surface area contributed by atoms with Crippen LogP contribution in [0.5, 0.6) is 5.75 Å². The highest BCUT2D eigenvalue weighted by atomic mass is 16.5. The molecule has 0 radical (unpaired) electrons. The first-order valence-corrected chi connectivity index (χ1v) is 4.94. The lowest BCUT2D eigenvalue weighted by molar-refractivity contribution is -0.00595. The Hall–Kier alpha value is -1.06. The molecule has 1 aliphatic heterocycles. The van der Waals surface area contributed by atoms with E-state index in [9.17, 15) is 0 Å². The molecular formula is C11H15NO2. The SMILES string of the molecule is c1ccc(OCCNC2COC2)cc1. The molecule has 3 nitrogen and oxygen atoms in total. The van der Waals surface area contributed by atoms with E-state index >= 15 is 0 Å². The van der Waals surface area contributed by atoms with Gasteiger partial charge in [0.2, 0.25) is 0 Å². The maximum absolute atomic E-state index is 5.52. The van der Waals surface area contributed by atoms with Crippen molar-refractivity contribution in [3.8, 4) is 5.75 Å². The minimum atomic E-state index is 0.536. The summed E-state index contributed by atoms with van der Waals surface area (Å²) in [5.74, 6) is 0.930. The van der Waals surface area contributed by atoms with E-state index in [0.717, 1.165) is 25.5 Å². The standard InChI is InChI=1S/C11H15NO2/c1-2-4-11(5-3-1)14-7-6-12-10-8-13-9-10/h1-5,10,12H,6-9H2. The molecule has 0 saturated carbocycles. The van der Waals surface area contributed by atoms with Crippen molar-refractivity contribution < 1.29 is 9.47 Å². The number of rotatable bonds is 5. The van der Waals surface area contributed by atoms with Crippen molar-refractivity contribution in [2.75, 3.05) is 26.4 Å². The summed E-state index contributed by atoms with van der Waals surface area (Å²) in [6.45, 7) is 3.26. The third kappa shape index (κ3) is 2.72. The zero-order chi connectivity index (χ0) is 9.64. The first-order chi connectivity index (χ1) is 6.95. The van der Waals surface area contributed by atoms with Crippen LogP contribution in [-0.4, -0.2) is 32.4 Å². The van der Waals surface area contributed by atoms with Crippen LogP contribution in [0.2, 0.25) is 0 Å². The van der Waals surface area contributed by atoms with E-state index in [0.29, 0.717) is 12.6 Å². The topological polar surface area (TPSA) is 30.5 Å². The molecule has 1 saturated heterocycles. The molecule has 0 aromatic heterocycles. The van der Waals surface area contributed by atoms with Crippen molar-refractivity contribution in [1.29, 1.82) is 0 Å². The lowest BCUT2D eigenvalue weighted by atomic mass is 10.2. The molecule has 0 bridgehead atoms. The zero-order valence-corrected chi connectivity index (χ0v) is 8.11. The van der Waals surface area contributed by atoms with Crippen LogP contribution >= 0.6 is 0 Å². The Labute approximate surface area is 84.0 Å². The van der Waals surface area contributed by atoms with Crippen molar-refractivity contribution in [2.24, 2.45) is 0 Å². The van der Waals surface area contributed by atoms with Gasteiger partial charge in [0.05, 0.1) is 19.3 Å². The summed E-state index contributed by atoms with van der Waals surface area (Å²) in [4.78, 5) is 0. The van der Waals surface area contributed by atoms with Gasteiger partial charge in [-0.05, 0) is 12.1 Å². The summed E-state index contributed by atoms with van der Waals surface area (Å²) in [7, 11) is 0. The Balaban J connectivity index is 1.58. The summed E-state index contributed by atoms with van der Waals surface area (Å²) in [6, 6.07) is 10.4. The van der Waals surface area contributed by atoms with E-state index in [-0.39, 0.29) is 0 Å². The Morgan fingerprint density at radius 1 is 1.29 bits per heavy atom. The maximum Gasteiger partial charge on any atom is 0.119 e. The van der Waals surface area contributed by atoms with Crippen LogP contribution in [0.25, 0.3) is 0 Å². The van der Waals surface area contributed by atoms with E-state index in [1.807, 2.05) is 30.3 Å². The molecule has 1 heterocycles. The Kier molecular flexibility index (Phi) is 3.38. The molecule has 0 atom stereocenters. The lowest BCUT2D eigenvalue weighted by Crippen LogP contribution is -2.47. The van der Waals surface area contributed by atoms with Crippen molar-refractivity contribution in [3.05, 3.63) is 30.3 Å². The van der Waals surface area contributed by atoms with Gasteiger partial charge in [-0.3, -0.25) is 0 Å². The van der Waals surface area contributed by atoms with E-state index in [1.165, 1.54) is 0 Å². The molecular weight excluding hydrogens is 178 g/mol. The third-order valence-electron chi connectivity index (χ3n) is 2.19.